The first-order valence-corrected chi connectivity index (χ1v) is 5.51. The lowest BCUT2D eigenvalue weighted by molar-refractivity contribution is -0.146. The van der Waals surface area contributed by atoms with Crippen LogP contribution in [-0.4, -0.2) is 24.5 Å². The van der Waals surface area contributed by atoms with Crippen molar-refractivity contribution < 1.29 is 18.7 Å². The van der Waals surface area contributed by atoms with Crippen LogP contribution >= 0.6 is 15.9 Å². The lowest BCUT2D eigenvalue weighted by Gasteiger charge is -2.07. The van der Waals surface area contributed by atoms with Gasteiger partial charge in [-0.2, -0.15) is 0 Å². The van der Waals surface area contributed by atoms with Gasteiger partial charge in [0, 0.05) is 0 Å². The Labute approximate surface area is 101 Å². The van der Waals surface area contributed by atoms with Crippen LogP contribution < -0.4 is 5.32 Å². The Morgan fingerprint density at radius 2 is 2.19 bits per heavy atom. The Morgan fingerprint density at radius 1 is 1.50 bits per heavy atom. The van der Waals surface area contributed by atoms with Gasteiger partial charge in [-0.1, -0.05) is 0 Å². The minimum Gasteiger partial charge on any atom is -0.462 e. The Balaban J connectivity index is 2.38. The molecule has 88 valence electrons. The van der Waals surface area contributed by atoms with Gasteiger partial charge in [0.05, 0.1) is 6.10 Å². The molecule has 0 fully saturated rings. The van der Waals surface area contributed by atoms with Crippen molar-refractivity contribution in [1.82, 2.24) is 5.32 Å². The largest absolute Gasteiger partial charge is 0.462 e. The molecule has 0 bridgehead atoms. The molecule has 0 spiro atoms. The average Bonchev–Trinajstić information content (AvgIpc) is 2.60. The second-order valence-corrected chi connectivity index (χ2v) is 4.11. The quantitative estimate of drug-likeness (QED) is 0.857. The Bertz CT molecular complexity index is 386. The van der Waals surface area contributed by atoms with Gasteiger partial charge < -0.3 is 14.5 Å². The predicted octanol–water partition coefficient (Wildman–Crippen LogP) is 1.72. The minimum absolute atomic E-state index is 0.143. The van der Waals surface area contributed by atoms with Crippen molar-refractivity contribution in [3.8, 4) is 0 Å². The first-order valence-electron chi connectivity index (χ1n) is 4.72. The molecule has 1 aromatic rings. The number of furan rings is 1. The van der Waals surface area contributed by atoms with Crippen LogP contribution in [0.15, 0.2) is 21.2 Å². The molecule has 1 amide bonds. The maximum absolute atomic E-state index is 11.4. The lowest BCUT2D eigenvalue weighted by atomic mass is 10.4. The molecule has 0 aliphatic heterocycles. The van der Waals surface area contributed by atoms with Gasteiger partial charge in [-0.25, -0.2) is 0 Å². The molecule has 0 aliphatic carbocycles. The maximum atomic E-state index is 11.4. The van der Waals surface area contributed by atoms with E-state index < -0.39 is 11.9 Å². The molecule has 5 nitrogen and oxygen atoms in total. The molecule has 1 heterocycles. The molecule has 1 N–H and O–H groups in total. The third kappa shape index (κ3) is 4.06. The summed E-state index contributed by atoms with van der Waals surface area (Å²) in [6.45, 7) is 3.31. The van der Waals surface area contributed by atoms with Gasteiger partial charge in [0.1, 0.15) is 6.54 Å². The fourth-order valence-corrected chi connectivity index (χ4v) is 1.29. The molecular formula is C10H12BrNO4. The van der Waals surface area contributed by atoms with Crippen molar-refractivity contribution in [2.45, 2.75) is 20.0 Å². The highest BCUT2D eigenvalue weighted by Crippen LogP contribution is 2.13. The van der Waals surface area contributed by atoms with Crippen LogP contribution in [0, 0.1) is 0 Å². The molecule has 0 aromatic carbocycles. The first-order chi connectivity index (χ1) is 7.49. The van der Waals surface area contributed by atoms with E-state index in [1.54, 1.807) is 19.9 Å². The molecule has 1 aromatic heterocycles. The van der Waals surface area contributed by atoms with Crippen LogP contribution in [0.2, 0.25) is 0 Å². The van der Waals surface area contributed by atoms with Crippen LogP contribution in [-0.2, 0) is 9.53 Å². The van der Waals surface area contributed by atoms with Gasteiger partial charge in [-0.15, -0.1) is 0 Å². The molecule has 6 heteroatoms. The second kappa shape index (κ2) is 5.69. The number of carbonyl (C=O) groups excluding carboxylic acids is 2. The number of ether oxygens (including phenoxy) is 1. The normalized spacial score (nSPS) is 10.2. The average molecular weight is 290 g/mol. The van der Waals surface area contributed by atoms with Crippen molar-refractivity contribution in [2.75, 3.05) is 6.54 Å². The Kier molecular flexibility index (Phi) is 4.54. The predicted molar refractivity (Wildman–Crippen MR) is 60.0 cm³/mol. The van der Waals surface area contributed by atoms with Crippen molar-refractivity contribution >= 4 is 27.8 Å². The third-order valence-corrected chi connectivity index (χ3v) is 1.98. The number of hydrogen-bond acceptors (Lipinski definition) is 4. The highest BCUT2D eigenvalue weighted by atomic mass is 79.9. The number of amides is 1. The fraction of sp³-hybridized carbons (Fsp3) is 0.400. The zero-order valence-corrected chi connectivity index (χ0v) is 10.5. The van der Waals surface area contributed by atoms with Crippen LogP contribution in [0.1, 0.15) is 24.4 Å². The summed E-state index contributed by atoms with van der Waals surface area (Å²) in [4.78, 5) is 22.5. The summed E-state index contributed by atoms with van der Waals surface area (Å²) in [5, 5.41) is 2.39. The number of esters is 1. The topological polar surface area (TPSA) is 68.5 Å². The van der Waals surface area contributed by atoms with Gasteiger partial charge in [0.25, 0.3) is 5.91 Å². The minimum atomic E-state index is -0.478. The summed E-state index contributed by atoms with van der Waals surface area (Å²) in [7, 11) is 0. The van der Waals surface area contributed by atoms with Gasteiger partial charge >= 0.3 is 5.97 Å². The van der Waals surface area contributed by atoms with E-state index in [-0.39, 0.29) is 18.4 Å². The van der Waals surface area contributed by atoms with Crippen molar-refractivity contribution in [3.05, 3.63) is 22.6 Å². The third-order valence-electron chi connectivity index (χ3n) is 1.56. The van der Waals surface area contributed by atoms with Gasteiger partial charge in [0.15, 0.2) is 10.4 Å². The monoisotopic (exact) mass is 289 g/mol. The Morgan fingerprint density at radius 3 is 2.69 bits per heavy atom. The van der Waals surface area contributed by atoms with Crippen LogP contribution in [0.5, 0.6) is 0 Å². The van der Waals surface area contributed by atoms with Gasteiger partial charge in [0.2, 0.25) is 0 Å². The SMILES string of the molecule is CC(C)OC(=O)CNC(=O)c1ccc(Br)o1. The van der Waals surface area contributed by atoms with E-state index in [2.05, 4.69) is 21.2 Å². The van der Waals surface area contributed by atoms with E-state index in [1.165, 1.54) is 6.07 Å². The standard InChI is InChI=1S/C10H12BrNO4/c1-6(2)15-9(13)5-12-10(14)7-3-4-8(11)16-7/h3-4,6H,5H2,1-2H3,(H,12,14). The molecule has 0 unspecified atom stereocenters. The van der Waals surface area contributed by atoms with Crippen molar-refractivity contribution in [1.29, 1.82) is 0 Å². The van der Waals surface area contributed by atoms with Crippen molar-refractivity contribution in [3.63, 3.8) is 0 Å². The first kappa shape index (κ1) is 12.8. The summed E-state index contributed by atoms with van der Waals surface area (Å²) in [6.07, 6.45) is -0.192. The lowest BCUT2D eigenvalue weighted by Crippen LogP contribution is -2.31. The second-order valence-electron chi connectivity index (χ2n) is 3.33. The number of rotatable bonds is 4. The van der Waals surface area contributed by atoms with Crippen LogP contribution in [0.4, 0.5) is 0 Å². The fourth-order valence-electron chi connectivity index (χ4n) is 0.980. The van der Waals surface area contributed by atoms with E-state index in [9.17, 15) is 9.59 Å². The Hall–Kier alpha value is -1.30. The number of halogens is 1. The molecule has 0 atom stereocenters. The molecular weight excluding hydrogens is 278 g/mol. The summed E-state index contributed by atoms with van der Waals surface area (Å²) >= 11 is 3.07. The van der Waals surface area contributed by atoms with Gasteiger partial charge in [-0.05, 0) is 41.9 Å². The van der Waals surface area contributed by atoms with E-state index in [0.29, 0.717) is 4.67 Å². The maximum Gasteiger partial charge on any atom is 0.325 e. The summed E-state index contributed by atoms with van der Waals surface area (Å²) < 4.78 is 10.3. The number of nitrogens with one attached hydrogen (secondary N) is 1. The number of hydrogen-bond donors (Lipinski definition) is 1. The summed E-state index contributed by atoms with van der Waals surface area (Å²) in [5.41, 5.74) is 0. The van der Waals surface area contributed by atoms with Crippen LogP contribution in [0.25, 0.3) is 0 Å². The molecule has 0 aliphatic rings. The van der Waals surface area contributed by atoms with E-state index >= 15 is 0 Å². The molecule has 0 saturated carbocycles. The molecule has 0 radical (unpaired) electrons. The van der Waals surface area contributed by atoms with Crippen molar-refractivity contribution in [2.24, 2.45) is 0 Å². The molecule has 1 rings (SSSR count). The zero-order valence-electron chi connectivity index (χ0n) is 8.95. The zero-order chi connectivity index (χ0) is 12.1. The van der Waals surface area contributed by atoms with Crippen LogP contribution in [0.3, 0.4) is 0 Å². The molecule has 0 saturated heterocycles. The summed E-state index contributed by atoms with van der Waals surface area (Å²) in [5.74, 6) is -0.787. The van der Waals surface area contributed by atoms with Gasteiger partial charge in [-0.3, -0.25) is 9.59 Å². The molecule has 16 heavy (non-hydrogen) atoms. The number of carbonyl (C=O) groups is 2. The van der Waals surface area contributed by atoms with E-state index in [4.69, 9.17) is 9.15 Å². The van der Waals surface area contributed by atoms with E-state index in [0.717, 1.165) is 0 Å². The smallest absolute Gasteiger partial charge is 0.325 e. The van der Waals surface area contributed by atoms with E-state index in [1.807, 2.05) is 0 Å². The highest BCUT2D eigenvalue weighted by Gasteiger charge is 2.12. The highest BCUT2D eigenvalue weighted by molar-refractivity contribution is 9.10. The summed E-state index contributed by atoms with van der Waals surface area (Å²) in [6, 6.07) is 3.11.